The van der Waals surface area contributed by atoms with Crippen molar-refractivity contribution in [1.82, 2.24) is 25.3 Å². The van der Waals surface area contributed by atoms with Crippen LogP contribution in [0.1, 0.15) is 24.0 Å². The second-order valence-corrected chi connectivity index (χ2v) is 6.78. The quantitative estimate of drug-likeness (QED) is 0.742. The number of nitrogens with one attached hydrogen (secondary N) is 1. The number of aromatic nitrogens is 4. The normalized spacial score (nSPS) is 17.4. The van der Waals surface area contributed by atoms with Crippen LogP contribution in [-0.4, -0.2) is 39.1 Å². The lowest BCUT2D eigenvalue weighted by atomic mass is 10.1. The van der Waals surface area contributed by atoms with E-state index in [1.54, 1.807) is 6.20 Å². The molecule has 0 unspecified atom stereocenters. The van der Waals surface area contributed by atoms with Gasteiger partial charge in [-0.05, 0) is 30.5 Å². The van der Waals surface area contributed by atoms with Gasteiger partial charge in [0.05, 0.1) is 12.7 Å². The lowest BCUT2D eigenvalue weighted by Crippen LogP contribution is -2.45. The third-order valence-corrected chi connectivity index (χ3v) is 4.77. The fourth-order valence-electron chi connectivity index (χ4n) is 3.43. The smallest absolute Gasteiger partial charge is 0.151 e. The zero-order valence-electron chi connectivity index (χ0n) is 14.8. The van der Waals surface area contributed by atoms with Crippen molar-refractivity contribution in [3.63, 3.8) is 0 Å². The number of anilines is 1. The average molecular weight is 348 g/mol. The number of hydrogen-bond donors (Lipinski definition) is 1. The molecular formula is C20H24N6. The number of benzene rings is 1. The van der Waals surface area contributed by atoms with Crippen molar-refractivity contribution in [3.05, 3.63) is 72.2 Å². The maximum absolute atomic E-state index is 4.49. The van der Waals surface area contributed by atoms with Gasteiger partial charge in [0.15, 0.2) is 5.82 Å². The van der Waals surface area contributed by atoms with Gasteiger partial charge in [0.2, 0.25) is 0 Å². The number of nitrogens with zero attached hydrogens (tertiary/aromatic N) is 5. The van der Waals surface area contributed by atoms with E-state index in [-0.39, 0.29) is 0 Å². The summed E-state index contributed by atoms with van der Waals surface area (Å²) in [5, 5.41) is 16.4. The standard InChI is InChI=1S/C20H24N6/c1-2-6-17(7-3-1)14-26-15-18(13-23-26)12-21-19-8-5-11-25(16-19)20-9-4-10-22-24-20/h1-4,6-7,9-10,13,15,19,21H,5,8,11-12,14,16H2/t19-/m1/s1. The molecule has 1 atom stereocenters. The van der Waals surface area contributed by atoms with E-state index in [0.29, 0.717) is 6.04 Å². The van der Waals surface area contributed by atoms with Crippen LogP contribution >= 0.6 is 0 Å². The summed E-state index contributed by atoms with van der Waals surface area (Å²) in [6.07, 6.45) is 8.16. The molecule has 2 aromatic heterocycles. The molecule has 1 aliphatic heterocycles. The Bertz CT molecular complexity index is 801. The maximum atomic E-state index is 4.49. The Kier molecular flexibility index (Phi) is 5.21. The summed E-state index contributed by atoms with van der Waals surface area (Å²) in [5.74, 6) is 0.967. The van der Waals surface area contributed by atoms with Gasteiger partial charge in [-0.2, -0.15) is 10.2 Å². The summed E-state index contributed by atoms with van der Waals surface area (Å²) in [7, 11) is 0. The van der Waals surface area contributed by atoms with Crippen molar-refractivity contribution >= 4 is 5.82 Å². The molecule has 6 nitrogen and oxygen atoms in total. The van der Waals surface area contributed by atoms with E-state index in [2.05, 4.69) is 56.0 Å². The summed E-state index contributed by atoms with van der Waals surface area (Å²) >= 11 is 0. The van der Waals surface area contributed by atoms with E-state index < -0.39 is 0 Å². The van der Waals surface area contributed by atoms with Crippen LogP contribution in [0.4, 0.5) is 5.82 Å². The van der Waals surface area contributed by atoms with Crippen LogP contribution in [0.5, 0.6) is 0 Å². The largest absolute Gasteiger partial charge is 0.354 e. The third-order valence-electron chi connectivity index (χ3n) is 4.77. The molecule has 0 aliphatic carbocycles. The predicted octanol–water partition coefficient (Wildman–Crippen LogP) is 2.48. The molecule has 0 amide bonds. The van der Waals surface area contributed by atoms with Crippen molar-refractivity contribution in [3.8, 4) is 0 Å². The van der Waals surface area contributed by atoms with Gasteiger partial charge < -0.3 is 10.2 Å². The third kappa shape index (κ3) is 4.26. The van der Waals surface area contributed by atoms with Gasteiger partial charge in [-0.1, -0.05) is 30.3 Å². The van der Waals surface area contributed by atoms with Crippen LogP contribution in [0.2, 0.25) is 0 Å². The number of piperidine rings is 1. The van der Waals surface area contributed by atoms with E-state index in [9.17, 15) is 0 Å². The zero-order valence-corrected chi connectivity index (χ0v) is 14.8. The molecule has 4 rings (SSSR count). The Morgan fingerprint density at radius 2 is 2.00 bits per heavy atom. The van der Waals surface area contributed by atoms with E-state index in [1.807, 2.05) is 29.1 Å². The Hall–Kier alpha value is -2.73. The molecule has 1 fully saturated rings. The van der Waals surface area contributed by atoms with E-state index in [4.69, 9.17) is 0 Å². The first kappa shape index (κ1) is 16.7. The average Bonchev–Trinajstić information content (AvgIpc) is 3.15. The van der Waals surface area contributed by atoms with Crippen molar-refractivity contribution < 1.29 is 0 Å². The van der Waals surface area contributed by atoms with E-state index >= 15 is 0 Å². The highest BCUT2D eigenvalue weighted by Crippen LogP contribution is 2.17. The minimum atomic E-state index is 0.461. The van der Waals surface area contributed by atoms with Crippen molar-refractivity contribution in [1.29, 1.82) is 0 Å². The molecule has 0 radical (unpaired) electrons. The van der Waals surface area contributed by atoms with Crippen LogP contribution < -0.4 is 10.2 Å². The molecule has 0 spiro atoms. The molecule has 0 saturated carbocycles. The van der Waals surface area contributed by atoms with Gasteiger partial charge >= 0.3 is 0 Å². The lowest BCUT2D eigenvalue weighted by molar-refractivity contribution is 0.419. The second-order valence-electron chi connectivity index (χ2n) is 6.78. The summed E-state index contributed by atoms with van der Waals surface area (Å²) in [4.78, 5) is 2.31. The molecular weight excluding hydrogens is 324 g/mol. The Balaban J connectivity index is 1.30. The highest BCUT2D eigenvalue weighted by molar-refractivity contribution is 5.37. The number of hydrogen-bond acceptors (Lipinski definition) is 5. The van der Waals surface area contributed by atoms with Crippen molar-refractivity contribution in [2.45, 2.75) is 32.0 Å². The Labute approximate surface area is 153 Å². The topological polar surface area (TPSA) is 58.9 Å². The minimum absolute atomic E-state index is 0.461. The summed E-state index contributed by atoms with van der Waals surface area (Å²) in [6, 6.07) is 14.9. The summed E-state index contributed by atoms with van der Waals surface area (Å²) in [6.45, 7) is 3.67. The predicted molar refractivity (Wildman–Crippen MR) is 102 cm³/mol. The molecule has 6 heteroatoms. The van der Waals surface area contributed by atoms with E-state index in [1.165, 1.54) is 24.0 Å². The fraction of sp³-hybridized carbons (Fsp3) is 0.350. The SMILES string of the molecule is c1ccc(Cn2cc(CN[C@@H]3CCCN(c4cccnn4)C3)cn2)cc1. The van der Waals surface area contributed by atoms with Crippen LogP contribution in [0.3, 0.4) is 0 Å². The molecule has 26 heavy (non-hydrogen) atoms. The molecule has 134 valence electrons. The van der Waals surface area contributed by atoms with Gasteiger partial charge in [0, 0.05) is 43.6 Å². The highest BCUT2D eigenvalue weighted by Gasteiger charge is 2.20. The lowest BCUT2D eigenvalue weighted by Gasteiger charge is -2.33. The van der Waals surface area contributed by atoms with Gasteiger partial charge in [0.1, 0.15) is 0 Å². The van der Waals surface area contributed by atoms with Crippen LogP contribution in [-0.2, 0) is 13.1 Å². The first-order chi connectivity index (χ1) is 12.9. The highest BCUT2D eigenvalue weighted by atomic mass is 15.3. The Morgan fingerprint density at radius 1 is 1.08 bits per heavy atom. The van der Waals surface area contributed by atoms with Crippen molar-refractivity contribution in [2.75, 3.05) is 18.0 Å². The minimum Gasteiger partial charge on any atom is -0.354 e. The fourth-order valence-corrected chi connectivity index (χ4v) is 3.43. The molecule has 1 aromatic carbocycles. The first-order valence-corrected chi connectivity index (χ1v) is 9.18. The summed E-state index contributed by atoms with van der Waals surface area (Å²) in [5.41, 5.74) is 2.49. The Morgan fingerprint density at radius 3 is 2.85 bits per heavy atom. The van der Waals surface area contributed by atoms with Crippen LogP contribution in [0.25, 0.3) is 0 Å². The zero-order chi connectivity index (χ0) is 17.6. The number of rotatable bonds is 6. The maximum Gasteiger partial charge on any atom is 0.151 e. The molecule has 0 bridgehead atoms. The van der Waals surface area contributed by atoms with Gasteiger partial charge in [-0.3, -0.25) is 4.68 Å². The van der Waals surface area contributed by atoms with Crippen LogP contribution in [0, 0.1) is 0 Å². The summed E-state index contributed by atoms with van der Waals surface area (Å²) < 4.78 is 2.00. The first-order valence-electron chi connectivity index (χ1n) is 9.18. The van der Waals surface area contributed by atoms with Crippen molar-refractivity contribution in [2.24, 2.45) is 0 Å². The molecule has 3 heterocycles. The van der Waals surface area contributed by atoms with Gasteiger partial charge in [-0.15, -0.1) is 5.10 Å². The second kappa shape index (κ2) is 8.10. The molecule has 3 aromatic rings. The molecule has 1 aliphatic rings. The van der Waals surface area contributed by atoms with Gasteiger partial charge in [0.25, 0.3) is 0 Å². The van der Waals surface area contributed by atoms with Gasteiger partial charge in [-0.25, -0.2) is 0 Å². The molecule has 1 saturated heterocycles. The molecule has 1 N–H and O–H groups in total. The monoisotopic (exact) mass is 348 g/mol. The van der Waals surface area contributed by atoms with Crippen LogP contribution in [0.15, 0.2) is 61.1 Å². The van der Waals surface area contributed by atoms with E-state index in [0.717, 1.165) is 32.0 Å².